The highest BCUT2D eigenvalue weighted by molar-refractivity contribution is 6.89. The predicted molar refractivity (Wildman–Crippen MR) is 322 cm³/mol. The molecule has 0 N–H and O–H groups in total. The predicted octanol–water partition coefficient (Wildman–Crippen LogP) is 18.1. The van der Waals surface area contributed by atoms with Crippen molar-refractivity contribution in [1.82, 2.24) is 4.57 Å². The van der Waals surface area contributed by atoms with Gasteiger partial charge in [0, 0.05) is 44.9 Å². The van der Waals surface area contributed by atoms with E-state index in [0.717, 1.165) is 61.6 Å². The molecule has 0 saturated carbocycles. The molecule has 0 amide bonds. The molecule has 1 aromatic heterocycles. The van der Waals surface area contributed by atoms with E-state index in [1.54, 1.807) is 24.3 Å². The van der Waals surface area contributed by atoms with E-state index in [0.29, 0.717) is 0 Å². The van der Waals surface area contributed by atoms with Gasteiger partial charge < -0.3 is 14.4 Å². The van der Waals surface area contributed by atoms with E-state index in [2.05, 4.69) is 230 Å². The van der Waals surface area contributed by atoms with E-state index in [-0.39, 0.29) is 11.6 Å². The molecule has 11 aromatic carbocycles. The van der Waals surface area contributed by atoms with Crippen LogP contribution in [0.4, 0.5) is 42.9 Å². The molecule has 0 saturated heterocycles. The fraction of sp³-hybridized carbons (Fsp3) is 0.101. The summed E-state index contributed by atoms with van der Waals surface area (Å²) < 4.78 is 32.4. The number of rotatable bonds is 8. The summed E-state index contributed by atoms with van der Waals surface area (Å²) in [5.74, 6) is -0.562. The number of anilines is 6. The molecular formula is C69H55F2N3Si2. The molecule has 0 bridgehead atoms. The molecule has 2 aliphatic rings. The minimum absolute atomic E-state index is 0.278. The number of hydrogen-bond donors (Lipinski definition) is 0. The zero-order valence-corrected chi connectivity index (χ0v) is 45.5. The van der Waals surface area contributed by atoms with Gasteiger partial charge in [-0.1, -0.05) is 165 Å². The van der Waals surface area contributed by atoms with Crippen molar-refractivity contribution in [3.8, 4) is 16.8 Å². The van der Waals surface area contributed by atoms with Crippen molar-refractivity contribution >= 4 is 104 Å². The Kier molecular flexibility index (Phi) is 10.2. The van der Waals surface area contributed by atoms with Crippen LogP contribution in [0.25, 0.3) is 60.2 Å². The van der Waals surface area contributed by atoms with Gasteiger partial charge in [-0.2, -0.15) is 0 Å². The summed E-state index contributed by atoms with van der Waals surface area (Å²) in [5.41, 5.74) is 15.6. The van der Waals surface area contributed by atoms with Gasteiger partial charge in [-0.3, -0.25) is 0 Å². The second kappa shape index (κ2) is 16.8. The zero-order chi connectivity index (χ0) is 51.8. The van der Waals surface area contributed by atoms with Crippen molar-refractivity contribution < 1.29 is 8.78 Å². The van der Waals surface area contributed by atoms with Crippen LogP contribution in [-0.2, 0) is 5.41 Å². The van der Waals surface area contributed by atoms with Crippen molar-refractivity contribution in [2.24, 2.45) is 0 Å². The summed E-state index contributed by atoms with van der Waals surface area (Å²) in [6.07, 6.45) is 0. The molecule has 2 heterocycles. The zero-order valence-electron chi connectivity index (χ0n) is 43.5. The third-order valence-electron chi connectivity index (χ3n) is 16.4. The van der Waals surface area contributed by atoms with E-state index >= 15 is 4.39 Å². The van der Waals surface area contributed by atoms with Crippen molar-refractivity contribution in [3.63, 3.8) is 0 Å². The highest BCUT2D eigenvalue weighted by Gasteiger charge is 2.52. The summed E-state index contributed by atoms with van der Waals surface area (Å²) in [7, 11) is -3.27. The first-order valence-corrected chi connectivity index (χ1v) is 33.4. The third kappa shape index (κ3) is 6.88. The van der Waals surface area contributed by atoms with Crippen LogP contribution >= 0.6 is 0 Å². The molecule has 1 aliphatic heterocycles. The van der Waals surface area contributed by atoms with Crippen LogP contribution in [0.3, 0.4) is 0 Å². The SMILES string of the molecule is C[Si](C)(C)c1ccc(N(c2ccc(F)cc2)c2ccc3c(c2)c2cc(N(c4ccc(F)cc4)c4ccc([Si](C)(C)C)cc4)cc4c2n3-c2ccccc2C42c3ccc4ccccc4c3-c3c2ccc2ccccc32)cc1. The van der Waals surface area contributed by atoms with Crippen LogP contribution < -0.4 is 20.2 Å². The molecule has 3 nitrogen and oxygen atoms in total. The average molecular weight is 1020 g/mol. The molecule has 1 spiro atoms. The summed E-state index contributed by atoms with van der Waals surface area (Å²) in [6, 6.07) is 79.6. The molecule has 7 heteroatoms. The van der Waals surface area contributed by atoms with Gasteiger partial charge in [0.25, 0.3) is 0 Å². The molecule has 0 radical (unpaired) electrons. The smallest absolute Gasteiger partial charge is 0.123 e. The number of aromatic nitrogens is 1. The molecular weight excluding hydrogens is 965 g/mol. The standard InChI is InChI=1S/C69H55F2N3Si2/c1-75(2,3)54-34-29-50(30-35-54)72(48-25-21-46(70)22-26-48)52-33-40-64-58(41-52)59-42-53(73(49-27-23-47(71)24-28-49)51-31-36-55(37-32-51)76(4,5)6)43-63-68(59)74(64)65-18-12-11-17-60(65)69(63)61-38-19-44-13-7-9-15-56(44)66(61)67-57-16-10-8-14-45(57)20-39-62(67)69/h7-43H,1-6H3. The van der Waals surface area contributed by atoms with Crippen LogP contribution in [0.1, 0.15) is 22.3 Å². The normalized spacial score (nSPS) is 13.4. The van der Waals surface area contributed by atoms with Crippen LogP contribution in [0.5, 0.6) is 0 Å². The Balaban J connectivity index is 1.14. The lowest BCUT2D eigenvalue weighted by Crippen LogP contribution is -2.37. The second-order valence-corrected chi connectivity index (χ2v) is 33.0. The summed E-state index contributed by atoms with van der Waals surface area (Å²) >= 11 is 0. The quantitative estimate of drug-likeness (QED) is 0.141. The van der Waals surface area contributed by atoms with Gasteiger partial charge in [-0.25, -0.2) is 8.78 Å². The van der Waals surface area contributed by atoms with E-state index in [4.69, 9.17) is 0 Å². The van der Waals surface area contributed by atoms with Crippen LogP contribution in [0.15, 0.2) is 224 Å². The molecule has 0 atom stereocenters. The molecule has 0 unspecified atom stereocenters. The fourth-order valence-electron chi connectivity index (χ4n) is 12.8. The minimum Gasteiger partial charge on any atom is -0.310 e. The average Bonchev–Trinajstić information content (AvgIpc) is 3.79. The highest BCUT2D eigenvalue weighted by atomic mass is 28.3. The lowest BCUT2D eigenvalue weighted by Gasteiger charge is -2.40. The third-order valence-corrected chi connectivity index (χ3v) is 20.5. The molecule has 368 valence electrons. The Morgan fingerprint density at radius 1 is 0.355 bits per heavy atom. The first-order chi connectivity index (χ1) is 36.8. The van der Waals surface area contributed by atoms with Crippen molar-refractivity contribution in [1.29, 1.82) is 0 Å². The van der Waals surface area contributed by atoms with Crippen LogP contribution in [0.2, 0.25) is 39.3 Å². The monoisotopic (exact) mass is 1020 g/mol. The Bertz CT molecular complexity index is 4230. The number of fused-ring (bicyclic) bond motifs is 16. The van der Waals surface area contributed by atoms with Gasteiger partial charge in [-0.05, 0) is 164 Å². The van der Waals surface area contributed by atoms with Gasteiger partial charge in [0.1, 0.15) is 11.6 Å². The van der Waals surface area contributed by atoms with E-state index in [1.807, 2.05) is 24.3 Å². The highest BCUT2D eigenvalue weighted by Crippen LogP contribution is 2.64. The summed E-state index contributed by atoms with van der Waals surface area (Å²) in [6.45, 7) is 14.2. The minimum atomic E-state index is -1.66. The van der Waals surface area contributed by atoms with Crippen molar-refractivity contribution in [3.05, 3.63) is 258 Å². The lowest BCUT2D eigenvalue weighted by atomic mass is 9.65. The summed E-state index contributed by atoms with van der Waals surface area (Å²) in [4.78, 5) is 4.56. The maximum absolute atomic E-state index is 15.1. The Morgan fingerprint density at radius 3 is 1.30 bits per heavy atom. The number of benzene rings is 11. The van der Waals surface area contributed by atoms with Gasteiger partial charge >= 0.3 is 0 Å². The van der Waals surface area contributed by atoms with E-state index in [9.17, 15) is 4.39 Å². The Hall–Kier alpha value is -8.37. The maximum Gasteiger partial charge on any atom is 0.123 e. The van der Waals surface area contributed by atoms with Gasteiger partial charge in [0.15, 0.2) is 0 Å². The van der Waals surface area contributed by atoms with E-state index in [1.165, 1.54) is 65.3 Å². The second-order valence-electron chi connectivity index (χ2n) is 22.8. The number of para-hydroxylation sites is 1. The first kappa shape index (κ1) is 46.2. The van der Waals surface area contributed by atoms with Gasteiger partial charge in [0.05, 0.1) is 38.3 Å². The van der Waals surface area contributed by atoms with Crippen molar-refractivity contribution in [2.75, 3.05) is 9.80 Å². The Morgan fingerprint density at radius 2 is 0.789 bits per heavy atom. The molecule has 12 aromatic rings. The number of hydrogen-bond acceptors (Lipinski definition) is 2. The lowest BCUT2D eigenvalue weighted by molar-refractivity contribution is 0.627. The topological polar surface area (TPSA) is 11.4 Å². The van der Waals surface area contributed by atoms with E-state index < -0.39 is 21.6 Å². The number of halogens is 2. The largest absolute Gasteiger partial charge is 0.310 e. The molecule has 1 aliphatic carbocycles. The molecule has 76 heavy (non-hydrogen) atoms. The van der Waals surface area contributed by atoms with Gasteiger partial charge in [-0.15, -0.1) is 0 Å². The molecule has 14 rings (SSSR count). The Labute approximate surface area is 444 Å². The molecule has 0 fully saturated rings. The fourth-order valence-corrected chi connectivity index (χ4v) is 15.1. The van der Waals surface area contributed by atoms with Crippen LogP contribution in [0, 0.1) is 11.6 Å². The van der Waals surface area contributed by atoms with Crippen LogP contribution in [-0.4, -0.2) is 20.7 Å². The first-order valence-electron chi connectivity index (χ1n) is 26.4. The number of nitrogens with zero attached hydrogens (tertiary/aromatic N) is 3. The van der Waals surface area contributed by atoms with Gasteiger partial charge in [0.2, 0.25) is 0 Å². The maximum atomic E-state index is 15.1. The summed E-state index contributed by atoms with van der Waals surface area (Å²) in [5, 5.41) is 9.77. The van der Waals surface area contributed by atoms with Crippen molar-refractivity contribution in [2.45, 2.75) is 44.7 Å².